The first-order valence-electron chi connectivity index (χ1n) is 6.12. The molecule has 1 aromatic carbocycles. The second-order valence-electron chi connectivity index (χ2n) is 4.34. The van der Waals surface area contributed by atoms with Crippen molar-refractivity contribution in [3.05, 3.63) is 21.7 Å². The Labute approximate surface area is 119 Å². The Bertz CT molecular complexity index is 504. The Balaban J connectivity index is 2.47. The van der Waals surface area contributed by atoms with Crippen molar-refractivity contribution in [1.29, 1.82) is 0 Å². The van der Waals surface area contributed by atoms with E-state index in [1.165, 1.54) is 0 Å². The summed E-state index contributed by atoms with van der Waals surface area (Å²) in [6.07, 6.45) is 0.624. The number of halogens is 1. The molecular formula is C13H16BrNO4. The molecule has 5 nitrogen and oxygen atoms in total. The van der Waals surface area contributed by atoms with Crippen LogP contribution in [-0.2, 0) is 11.2 Å². The van der Waals surface area contributed by atoms with Crippen LogP contribution in [0.3, 0.4) is 0 Å². The molecule has 3 N–H and O–H groups in total. The van der Waals surface area contributed by atoms with Gasteiger partial charge in [0.25, 0.3) is 0 Å². The van der Waals surface area contributed by atoms with E-state index in [0.717, 1.165) is 22.0 Å². The first kappa shape index (κ1) is 14.1. The van der Waals surface area contributed by atoms with Gasteiger partial charge in [-0.2, -0.15) is 0 Å². The van der Waals surface area contributed by atoms with Crippen molar-refractivity contribution >= 4 is 21.9 Å². The van der Waals surface area contributed by atoms with Crippen molar-refractivity contribution in [2.24, 2.45) is 5.73 Å². The highest BCUT2D eigenvalue weighted by molar-refractivity contribution is 9.10. The van der Waals surface area contributed by atoms with Crippen LogP contribution in [0.2, 0.25) is 0 Å². The van der Waals surface area contributed by atoms with Crippen molar-refractivity contribution in [3.63, 3.8) is 0 Å². The maximum atomic E-state index is 10.8. The number of benzene rings is 1. The van der Waals surface area contributed by atoms with Crippen LogP contribution in [-0.4, -0.2) is 24.3 Å². The molecule has 0 saturated carbocycles. The van der Waals surface area contributed by atoms with E-state index >= 15 is 0 Å². The van der Waals surface area contributed by atoms with E-state index in [-0.39, 0.29) is 6.42 Å². The second kappa shape index (κ2) is 5.79. The van der Waals surface area contributed by atoms with Crippen molar-refractivity contribution in [2.45, 2.75) is 25.8 Å². The van der Waals surface area contributed by atoms with Crippen molar-refractivity contribution < 1.29 is 19.4 Å². The summed E-state index contributed by atoms with van der Waals surface area (Å²) in [4.78, 5) is 10.8. The van der Waals surface area contributed by atoms with Gasteiger partial charge >= 0.3 is 5.97 Å². The van der Waals surface area contributed by atoms with Gasteiger partial charge in [-0.1, -0.05) is 6.92 Å². The molecule has 6 heteroatoms. The lowest BCUT2D eigenvalue weighted by atomic mass is 9.96. The lowest BCUT2D eigenvalue weighted by Crippen LogP contribution is -2.20. The SMILES string of the molecule is CCc1c(C(N)CC(=O)O)cc2c(c1Br)OCCO2. The Morgan fingerprint density at radius 1 is 1.53 bits per heavy atom. The number of carboxylic acids is 1. The molecular weight excluding hydrogens is 314 g/mol. The number of hydrogen-bond acceptors (Lipinski definition) is 4. The summed E-state index contributed by atoms with van der Waals surface area (Å²) in [5, 5.41) is 8.87. The number of aliphatic carboxylic acids is 1. The topological polar surface area (TPSA) is 81.8 Å². The third-order valence-electron chi connectivity index (χ3n) is 3.06. The maximum Gasteiger partial charge on any atom is 0.305 e. The highest BCUT2D eigenvalue weighted by Crippen LogP contribution is 2.43. The van der Waals surface area contributed by atoms with Gasteiger partial charge in [-0.15, -0.1) is 0 Å². The summed E-state index contributed by atoms with van der Waals surface area (Å²) in [5.74, 6) is 0.376. The second-order valence-corrected chi connectivity index (χ2v) is 5.13. The van der Waals surface area contributed by atoms with Crippen molar-refractivity contribution in [2.75, 3.05) is 13.2 Å². The van der Waals surface area contributed by atoms with Crippen LogP contribution in [0.4, 0.5) is 0 Å². The maximum absolute atomic E-state index is 10.8. The molecule has 0 fully saturated rings. The van der Waals surface area contributed by atoms with E-state index < -0.39 is 12.0 Å². The lowest BCUT2D eigenvalue weighted by molar-refractivity contribution is -0.137. The first-order valence-corrected chi connectivity index (χ1v) is 6.92. The van der Waals surface area contributed by atoms with Gasteiger partial charge in [-0.3, -0.25) is 4.79 Å². The van der Waals surface area contributed by atoms with Crippen molar-refractivity contribution in [3.8, 4) is 11.5 Å². The van der Waals surface area contributed by atoms with Gasteiger partial charge in [0.15, 0.2) is 11.5 Å². The Kier molecular flexibility index (Phi) is 4.31. The van der Waals surface area contributed by atoms with Crippen LogP contribution in [0.15, 0.2) is 10.5 Å². The number of fused-ring (bicyclic) bond motifs is 1. The van der Waals surface area contributed by atoms with Crippen LogP contribution in [0, 0.1) is 0 Å². The zero-order valence-electron chi connectivity index (χ0n) is 10.6. The average molecular weight is 330 g/mol. The highest BCUT2D eigenvalue weighted by atomic mass is 79.9. The summed E-state index contributed by atoms with van der Waals surface area (Å²) in [6, 6.07) is 1.24. The summed E-state index contributed by atoms with van der Waals surface area (Å²) < 4.78 is 11.9. The molecule has 0 amide bonds. The standard InChI is InChI=1S/C13H16BrNO4/c1-2-7-8(9(15)6-11(16)17)5-10-13(12(7)14)19-4-3-18-10/h5,9H,2-4,6,15H2,1H3,(H,16,17). The molecule has 104 valence electrons. The van der Waals surface area contributed by atoms with Crippen LogP contribution in [0.25, 0.3) is 0 Å². The molecule has 19 heavy (non-hydrogen) atoms. The van der Waals surface area contributed by atoms with E-state index in [2.05, 4.69) is 15.9 Å². The zero-order valence-corrected chi connectivity index (χ0v) is 12.2. The molecule has 0 aliphatic carbocycles. The van der Waals surface area contributed by atoms with Crippen LogP contribution in [0.1, 0.15) is 30.5 Å². The van der Waals surface area contributed by atoms with Gasteiger partial charge < -0.3 is 20.3 Å². The van der Waals surface area contributed by atoms with E-state index in [1.54, 1.807) is 6.07 Å². The summed E-state index contributed by atoms with van der Waals surface area (Å²) in [5.41, 5.74) is 7.74. The molecule has 1 atom stereocenters. The smallest absolute Gasteiger partial charge is 0.305 e. The molecule has 2 rings (SSSR count). The molecule has 0 bridgehead atoms. The van der Waals surface area contributed by atoms with Crippen LogP contribution >= 0.6 is 15.9 Å². The van der Waals surface area contributed by atoms with Gasteiger partial charge in [0.2, 0.25) is 0 Å². The predicted molar refractivity (Wildman–Crippen MR) is 73.7 cm³/mol. The Hall–Kier alpha value is -1.27. The summed E-state index contributed by atoms with van der Waals surface area (Å²) >= 11 is 3.50. The minimum atomic E-state index is -0.916. The fourth-order valence-electron chi connectivity index (χ4n) is 2.19. The molecule has 0 spiro atoms. The number of carbonyl (C=O) groups is 1. The molecule has 0 saturated heterocycles. The van der Waals surface area contributed by atoms with Crippen LogP contribution < -0.4 is 15.2 Å². The number of hydrogen-bond donors (Lipinski definition) is 2. The van der Waals surface area contributed by atoms with Gasteiger partial charge in [-0.25, -0.2) is 0 Å². The third kappa shape index (κ3) is 2.84. The molecule has 1 unspecified atom stereocenters. The monoisotopic (exact) mass is 329 g/mol. The van der Waals surface area contributed by atoms with E-state index in [4.69, 9.17) is 20.3 Å². The van der Waals surface area contributed by atoms with Gasteiger partial charge in [0.05, 0.1) is 10.9 Å². The normalized spacial score (nSPS) is 15.1. The first-order chi connectivity index (χ1) is 9.04. The lowest BCUT2D eigenvalue weighted by Gasteiger charge is -2.24. The summed E-state index contributed by atoms with van der Waals surface area (Å²) in [6.45, 7) is 2.99. The molecule has 1 aromatic rings. The van der Waals surface area contributed by atoms with Gasteiger partial charge in [0, 0.05) is 6.04 Å². The fourth-order valence-corrected chi connectivity index (χ4v) is 3.01. The number of ether oxygens (including phenoxy) is 2. The average Bonchev–Trinajstić information content (AvgIpc) is 2.38. The molecule has 1 heterocycles. The molecule has 1 aliphatic rings. The molecule has 0 aromatic heterocycles. The number of carboxylic acid groups (broad SMARTS) is 1. The number of nitrogens with two attached hydrogens (primary N) is 1. The minimum absolute atomic E-state index is 0.112. The third-order valence-corrected chi connectivity index (χ3v) is 3.90. The Morgan fingerprint density at radius 2 is 2.21 bits per heavy atom. The predicted octanol–water partition coefficient (Wildman–Crippen LogP) is 2.26. The number of rotatable bonds is 4. The largest absolute Gasteiger partial charge is 0.486 e. The summed E-state index contributed by atoms with van der Waals surface area (Å²) in [7, 11) is 0. The van der Waals surface area contributed by atoms with E-state index in [1.807, 2.05) is 6.92 Å². The molecule has 1 aliphatic heterocycles. The minimum Gasteiger partial charge on any atom is -0.486 e. The van der Waals surface area contributed by atoms with E-state index in [0.29, 0.717) is 24.7 Å². The quantitative estimate of drug-likeness (QED) is 0.885. The Morgan fingerprint density at radius 3 is 2.84 bits per heavy atom. The van der Waals surface area contributed by atoms with E-state index in [9.17, 15) is 4.79 Å². The van der Waals surface area contributed by atoms with Crippen molar-refractivity contribution in [1.82, 2.24) is 0 Å². The fraction of sp³-hybridized carbons (Fsp3) is 0.462. The van der Waals surface area contributed by atoms with Gasteiger partial charge in [0.1, 0.15) is 13.2 Å². The molecule has 0 radical (unpaired) electrons. The van der Waals surface area contributed by atoms with Crippen LogP contribution in [0.5, 0.6) is 11.5 Å². The highest BCUT2D eigenvalue weighted by Gasteiger charge is 2.24. The van der Waals surface area contributed by atoms with Gasteiger partial charge in [-0.05, 0) is 39.5 Å². The zero-order chi connectivity index (χ0) is 14.0.